The number of aryl methyl sites for hydroxylation is 2. The zero-order valence-corrected chi connectivity index (χ0v) is 11.0. The minimum atomic E-state index is 0.905. The molecule has 4 heteroatoms. The standard InChI is InChI=1S/C14H20N4/c1-2-7-17-10-15-8-12(17)9-18-11-16-13-5-3-4-6-14(13)18/h8,10-11H,2-7,9H2,1H3. The molecule has 0 amide bonds. The van der Waals surface area contributed by atoms with Gasteiger partial charge in [-0.2, -0.15) is 0 Å². The molecule has 2 heterocycles. The first-order valence-electron chi connectivity index (χ1n) is 6.90. The van der Waals surface area contributed by atoms with Crippen LogP contribution in [-0.2, 0) is 25.9 Å². The Morgan fingerprint density at radius 3 is 2.94 bits per heavy atom. The second-order valence-electron chi connectivity index (χ2n) is 5.05. The first-order valence-corrected chi connectivity index (χ1v) is 6.90. The maximum Gasteiger partial charge on any atom is 0.0955 e. The quantitative estimate of drug-likeness (QED) is 0.828. The zero-order chi connectivity index (χ0) is 12.4. The predicted molar refractivity (Wildman–Crippen MR) is 70.5 cm³/mol. The van der Waals surface area contributed by atoms with Gasteiger partial charge in [-0.15, -0.1) is 0 Å². The molecule has 0 saturated carbocycles. The molecule has 2 aromatic heterocycles. The van der Waals surface area contributed by atoms with Crippen LogP contribution in [0.4, 0.5) is 0 Å². The summed E-state index contributed by atoms with van der Waals surface area (Å²) in [5.41, 5.74) is 4.02. The lowest BCUT2D eigenvalue weighted by molar-refractivity contribution is 0.594. The van der Waals surface area contributed by atoms with Gasteiger partial charge in [0, 0.05) is 18.4 Å². The number of aromatic nitrogens is 4. The average Bonchev–Trinajstić information content (AvgIpc) is 2.99. The second kappa shape index (κ2) is 4.96. The molecule has 0 bridgehead atoms. The largest absolute Gasteiger partial charge is 0.333 e. The van der Waals surface area contributed by atoms with Gasteiger partial charge in [-0.25, -0.2) is 9.97 Å². The molecule has 18 heavy (non-hydrogen) atoms. The van der Waals surface area contributed by atoms with Gasteiger partial charge < -0.3 is 9.13 Å². The Balaban J connectivity index is 1.83. The summed E-state index contributed by atoms with van der Waals surface area (Å²) in [6.07, 6.45) is 12.0. The van der Waals surface area contributed by atoms with E-state index in [-0.39, 0.29) is 0 Å². The van der Waals surface area contributed by atoms with E-state index < -0.39 is 0 Å². The van der Waals surface area contributed by atoms with E-state index in [2.05, 4.69) is 26.0 Å². The maximum absolute atomic E-state index is 4.55. The van der Waals surface area contributed by atoms with Crippen molar-refractivity contribution in [2.45, 2.75) is 52.1 Å². The van der Waals surface area contributed by atoms with Crippen LogP contribution in [-0.4, -0.2) is 19.1 Å². The lowest BCUT2D eigenvalue weighted by Gasteiger charge is -2.14. The van der Waals surface area contributed by atoms with E-state index in [0.29, 0.717) is 0 Å². The highest BCUT2D eigenvalue weighted by Crippen LogP contribution is 2.20. The summed E-state index contributed by atoms with van der Waals surface area (Å²) < 4.78 is 4.55. The van der Waals surface area contributed by atoms with E-state index in [1.54, 1.807) is 0 Å². The Bertz CT molecular complexity index is 524. The van der Waals surface area contributed by atoms with Gasteiger partial charge in [0.25, 0.3) is 0 Å². The number of hydrogen-bond donors (Lipinski definition) is 0. The minimum Gasteiger partial charge on any atom is -0.333 e. The van der Waals surface area contributed by atoms with Crippen LogP contribution >= 0.6 is 0 Å². The molecule has 1 aliphatic rings. The molecule has 0 aliphatic heterocycles. The Morgan fingerprint density at radius 1 is 1.17 bits per heavy atom. The van der Waals surface area contributed by atoms with Crippen molar-refractivity contribution in [2.24, 2.45) is 0 Å². The zero-order valence-electron chi connectivity index (χ0n) is 11.0. The van der Waals surface area contributed by atoms with Crippen LogP contribution in [0.5, 0.6) is 0 Å². The van der Waals surface area contributed by atoms with Gasteiger partial charge in [-0.05, 0) is 32.1 Å². The molecule has 0 aromatic carbocycles. The molecule has 0 spiro atoms. The summed E-state index contributed by atoms with van der Waals surface area (Å²) in [6.45, 7) is 4.15. The summed E-state index contributed by atoms with van der Waals surface area (Å²) in [6, 6.07) is 0. The van der Waals surface area contributed by atoms with Gasteiger partial charge in [0.2, 0.25) is 0 Å². The molecule has 2 aromatic rings. The smallest absolute Gasteiger partial charge is 0.0955 e. The maximum atomic E-state index is 4.55. The van der Waals surface area contributed by atoms with E-state index in [1.807, 2.05) is 18.9 Å². The monoisotopic (exact) mass is 244 g/mol. The van der Waals surface area contributed by atoms with E-state index in [9.17, 15) is 0 Å². The van der Waals surface area contributed by atoms with Crippen LogP contribution in [0.25, 0.3) is 0 Å². The Labute approximate surface area is 108 Å². The van der Waals surface area contributed by atoms with Gasteiger partial charge in [-0.1, -0.05) is 6.92 Å². The van der Waals surface area contributed by atoms with Gasteiger partial charge in [0.15, 0.2) is 0 Å². The fraction of sp³-hybridized carbons (Fsp3) is 0.571. The van der Waals surface area contributed by atoms with Gasteiger partial charge in [0.1, 0.15) is 0 Å². The molecule has 0 atom stereocenters. The highest BCUT2D eigenvalue weighted by atomic mass is 15.1. The molecule has 3 rings (SSSR count). The summed E-state index contributed by atoms with van der Waals surface area (Å²) in [7, 11) is 0. The summed E-state index contributed by atoms with van der Waals surface area (Å²) in [4.78, 5) is 8.81. The molecule has 4 nitrogen and oxygen atoms in total. The summed E-state index contributed by atoms with van der Waals surface area (Å²) in [5.74, 6) is 0. The summed E-state index contributed by atoms with van der Waals surface area (Å²) >= 11 is 0. The van der Waals surface area contributed by atoms with Crippen molar-refractivity contribution in [3.8, 4) is 0 Å². The predicted octanol–water partition coefficient (Wildman–Crippen LogP) is 2.42. The highest BCUT2D eigenvalue weighted by molar-refractivity contribution is 5.17. The number of fused-ring (bicyclic) bond motifs is 1. The van der Waals surface area contributed by atoms with Crippen molar-refractivity contribution in [1.82, 2.24) is 19.1 Å². The number of hydrogen-bond acceptors (Lipinski definition) is 2. The molecule has 0 N–H and O–H groups in total. The van der Waals surface area contributed by atoms with Crippen molar-refractivity contribution in [1.29, 1.82) is 0 Å². The van der Waals surface area contributed by atoms with E-state index >= 15 is 0 Å². The number of imidazole rings is 2. The van der Waals surface area contributed by atoms with Crippen LogP contribution < -0.4 is 0 Å². The lowest BCUT2D eigenvalue weighted by atomic mass is 10.0. The highest BCUT2D eigenvalue weighted by Gasteiger charge is 2.15. The summed E-state index contributed by atoms with van der Waals surface area (Å²) in [5, 5.41) is 0. The van der Waals surface area contributed by atoms with E-state index in [0.717, 1.165) is 25.9 Å². The van der Waals surface area contributed by atoms with Gasteiger partial charge in [-0.3, -0.25) is 0 Å². The first-order chi connectivity index (χ1) is 8.88. The fourth-order valence-electron chi connectivity index (χ4n) is 2.76. The number of nitrogens with zero attached hydrogens (tertiary/aromatic N) is 4. The fourth-order valence-corrected chi connectivity index (χ4v) is 2.76. The van der Waals surface area contributed by atoms with Crippen LogP contribution in [0, 0.1) is 0 Å². The Morgan fingerprint density at radius 2 is 2.06 bits per heavy atom. The second-order valence-corrected chi connectivity index (χ2v) is 5.05. The minimum absolute atomic E-state index is 0.905. The molecular weight excluding hydrogens is 224 g/mol. The third kappa shape index (κ3) is 2.07. The third-order valence-corrected chi connectivity index (χ3v) is 3.71. The lowest BCUT2D eigenvalue weighted by Crippen LogP contribution is -2.11. The Kier molecular flexibility index (Phi) is 3.17. The van der Waals surface area contributed by atoms with Crippen molar-refractivity contribution in [3.63, 3.8) is 0 Å². The van der Waals surface area contributed by atoms with Crippen LogP contribution in [0.3, 0.4) is 0 Å². The van der Waals surface area contributed by atoms with Crippen molar-refractivity contribution in [3.05, 3.63) is 35.9 Å². The molecule has 0 saturated heterocycles. The van der Waals surface area contributed by atoms with Crippen LogP contribution in [0.2, 0.25) is 0 Å². The molecule has 0 radical (unpaired) electrons. The number of rotatable bonds is 4. The topological polar surface area (TPSA) is 35.6 Å². The molecular formula is C14H20N4. The van der Waals surface area contributed by atoms with Crippen molar-refractivity contribution in [2.75, 3.05) is 0 Å². The van der Waals surface area contributed by atoms with E-state index in [4.69, 9.17) is 0 Å². The molecule has 0 fully saturated rings. The van der Waals surface area contributed by atoms with Gasteiger partial charge in [0.05, 0.1) is 30.6 Å². The van der Waals surface area contributed by atoms with Gasteiger partial charge >= 0.3 is 0 Å². The van der Waals surface area contributed by atoms with Crippen LogP contribution in [0.1, 0.15) is 43.3 Å². The first kappa shape index (κ1) is 11.5. The van der Waals surface area contributed by atoms with Crippen molar-refractivity contribution >= 4 is 0 Å². The average molecular weight is 244 g/mol. The van der Waals surface area contributed by atoms with Crippen molar-refractivity contribution < 1.29 is 0 Å². The molecule has 1 aliphatic carbocycles. The van der Waals surface area contributed by atoms with Crippen LogP contribution in [0.15, 0.2) is 18.9 Å². The Hall–Kier alpha value is -1.58. The SMILES string of the molecule is CCCn1cncc1Cn1cnc2c1CCCC2. The molecule has 96 valence electrons. The normalized spacial score (nSPS) is 14.7. The third-order valence-electron chi connectivity index (χ3n) is 3.71. The van der Waals surface area contributed by atoms with E-state index in [1.165, 1.54) is 36.3 Å². The molecule has 0 unspecified atom stereocenters.